The summed E-state index contributed by atoms with van der Waals surface area (Å²) in [6.45, 7) is 0. The highest BCUT2D eigenvalue weighted by molar-refractivity contribution is 5.75. The van der Waals surface area contributed by atoms with Crippen LogP contribution in [-0.4, -0.2) is 36.3 Å². The highest BCUT2D eigenvalue weighted by Crippen LogP contribution is 2.41. The molecule has 3 aromatic rings. The molecule has 0 aliphatic heterocycles. The fourth-order valence-electron chi connectivity index (χ4n) is 2.47. The van der Waals surface area contributed by atoms with Gasteiger partial charge >= 0.3 is 0 Å². The Hall–Kier alpha value is -3.22. The number of nitrogens with two attached hydrogens (primary N) is 1. The van der Waals surface area contributed by atoms with Crippen LogP contribution in [0, 0.1) is 0 Å². The fraction of sp³-hybridized carbons (Fsp3) is 0.176. The normalized spacial score (nSPS) is 10.5. The Balaban J connectivity index is 2.12. The number of methoxy groups -OCH3 is 3. The van der Waals surface area contributed by atoms with Crippen LogP contribution in [0.5, 0.6) is 17.2 Å². The summed E-state index contributed by atoms with van der Waals surface area (Å²) in [5.41, 5.74) is 8.35. The van der Waals surface area contributed by atoms with Gasteiger partial charge in [0.25, 0.3) is 0 Å². The molecular weight excluding hydrogens is 308 g/mol. The van der Waals surface area contributed by atoms with Crippen LogP contribution in [0.4, 0.5) is 5.82 Å². The fourth-order valence-corrected chi connectivity index (χ4v) is 2.47. The Morgan fingerprint density at radius 2 is 1.54 bits per heavy atom. The topological polar surface area (TPSA) is 84.4 Å². The number of nitrogen functional groups attached to an aromatic ring is 1. The average Bonchev–Trinajstić information content (AvgIpc) is 3.02. The van der Waals surface area contributed by atoms with E-state index in [-0.39, 0.29) is 0 Å². The standard InChI is InChI=1S/C17H18N4O3/c1-22-13-9-11(10-14(23-2)16(13)24-3)15-17(18)21(20-19-15)12-7-5-4-6-8-12/h4-10H,18H2,1-3H3. The van der Waals surface area contributed by atoms with E-state index in [9.17, 15) is 0 Å². The quantitative estimate of drug-likeness (QED) is 0.775. The maximum Gasteiger partial charge on any atom is 0.203 e. The van der Waals surface area contributed by atoms with Crippen LogP contribution in [0.25, 0.3) is 16.9 Å². The molecule has 0 saturated heterocycles. The van der Waals surface area contributed by atoms with Gasteiger partial charge in [0.1, 0.15) is 5.69 Å². The zero-order valence-electron chi connectivity index (χ0n) is 13.7. The summed E-state index contributed by atoms with van der Waals surface area (Å²) in [6, 6.07) is 13.1. The van der Waals surface area contributed by atoms with Crippen molar-refractivity contribution in [3.63, 3.8) is 0 Å². The minimum absolute atomic E-state index is 0.426. The molecular formula is C17H18N4O3. The van der Waals surface area contributed by atoms with Gasteiger partial charge in [0, 0.05) is 5.56 Å². The molecule has 0 bridgehead atoms. The Morgan fingerprint density at radius 1 is 0.917 bits per heavy atom. The van der Waals surface area contributed by atoms with Crippen LogP contribution >= 0.6 is 0 Å². The predicted octanol–water partition coefficient (Wildman–Crippen LogP) is 2.54. The number of hydrogen-bond donors (Lipinski definition) is 1. The summed E-state index contributed by atoms with van der Waals surface area (Å²) < 4.78 is 17.7. The Kier molecular flexibility index (Phi) is 4.24. The van der Waals surface area contributed by atoms with Crippen LogP contribution in [-0.2, 0) is 0 Å². The number of hydrogen-bond acceptors (Lipinski definition) is 6. The lowest BCUT2D eigenvalue weighted by Gasteiger charge is -2.13. The van der Waals surface area contributed by atoms with Gasteiger partial charge in [0.15, 0.2) is 17.3 Å². The van der Waals surface area contributed by atoms with Crippen molar-refractivity contribution in [1.82, 2.24) is 15.0 Å². The van der Waals surface area contributed by atoms with Gasteiger partial charge in [-0.15, -0.1) is 5.10 Å². The maximum absolute atomic E-state index is 6.25. The number of para-hydroxylation sites is 1. The predicted molar refractivity (Wildman–Crippen MR) is 90.9 cm³/mol. The van der Waals surface area contributed by atoms with Crippen molar-refractivity contribution < 1.29 is 14.2 Å². The van der Waals surface area contributed by atoms with E-state index in [1.165, 1.54) is 0 Å². The number of benzene rings is 2. The van der Waals surface area contributed by atoms with Crippen molar-refractivity contribution >= 4 is 5.82 Å². The molecule has 0 fully saturated rings. The first kappa shape index (κ1) is 15.7. The van der Waals surface area contributed by atoms with Gasteiger partial charge < -0.3 is 19.9 Å². The second kappa shape index (κ2) is 6.49. The third-order valence-corrected chi connectivity index (χ3v) is 3.64. The Labute approximate surface area is 139 Å². The van der Waals surface area contributed by atoms with Gasteiger partial charge in [-0.05, 0) is 24.3 Å². The van der Waals surface area contributed by atoms with Crippen LogP contribution in [0.3, 0.4) is 0 Å². The molecule has 0 amide bonds. The summed E-state index contributed by atoms with van der Waals surface area (Å²) in [6.07, 6.45) is 0. The second-order valence-electron chi connectivity index (χ2n) is 4.98. The van der Waals surface area contributed by atoms with Gasteiger partial charge in [0.05, 0.1) is 27.0 Å². The van der Waals surface area contributed by atoms with Crippen molar-refractivity contribution in [2.45, 2.75) is 0 Å². The Morgan fingerprint density at radius 3 is 2.08 bits per heavy atom. The molecule has 7 heteroatoms. The van der Waals surface area contributed by atoms with Gasteiger partial charge in [-0.1, -0.05) is 23.4 Å². The third-order valence-electron chi connectivity index (χ3n) is 3.64. The first-order valence-corrected chi connectivity index (χ1v) is 7.26. The minimum Gasteiger partial charge on any atom is -0.493 e. The van der Waals surface area contributed by atoms with E-state index >= 15 is 0 Å². The zero-order chi connectivity index (χ0) is 17.1. The van der Waals surface area contributed by atoms with Crippen molar-refractivity contribution in [3.8, 4) is 34.2 Å². The zero-order valence-corrected chi connectivity index (χ0v) is 13.7. The smallest absolute Gasteiger partial charge is 0.203 e. The molecule has 0 saturated carbocycles. The Bertz CT molecular complexity index is 821. The maximum atomic E-state index is 6.25. The van der Waals surface area contributed by atoms with Gasteiger partial charge in [-0.2, -0.15) is 4.68 Å². The number of nitrogens with zero attached hydrogens (tertiary/aromatic N) is 3. The average molecular weight is 326 g/mol. The molecule has 124 valence electrons. The summed E-state index contributed by atoms with van der Waals surface area (Å²) in [5, 5.41) is 8.35. The summed E-state index contributed by atoms with van der Waals surface area (Å²) in [7, 11) is 4.68. The first-order valence-electron chi connectivity index (χ1n) is 7.26. The molecule has 1 aromatic heterocycles. The summed E-state index contributed by atoms with van der Waals surface area (Å²) in [5.74, 6) is 1.99. The van der Waals surface area contributed by atoms with Crippen LogP contribution in [0.2, 0.25) is 0 Å². The number of rotatable bonds is 5. The van der Waals surface area contributed by atoms with Gasteiger partial charge in [0.2, 0.25) is 5.75 Å². The van der Waals surface area contributed by atoms with Crippen LogP contribution in [0.15, 0.2) is 42.5 Å². The molecule has 0 aliphatic carbocycles. The lowest BCUT2D eigenvalue weighted by Crippen LogP contribution is -2.02. The van der Waals surface area contributed by atoms with Crippen LogP contribution < -0.4 is 19.9 Å². The van der Waals surface area contributed by atoms with E-state index in [1.807, 2.05) is 30.3 Å². The van der Waals surface area contributed by atoms with Crippen molar-refractivity contribution in [3.05, 3.63) is 42.5 Å². The summed E-state index contributed by atoms with van der Waals surface area (Å²) in [4.78, 5) is 0. The largest absolute Gasteiger partial charge is 0.493 e. The number of anilines is 1. The molecule has 7 nitrogen and oxygen atoms in total. The van der Waals surface area contributed by atoms with Crippen LogP contribution in [0.1, 0.15) is 0 Å². The first-order chi connectivity index (χ1) is 11.7. The van der Waals surface area contributed by atoms with Gasteiger partial charge in [-0.25, -0.2) is 0 Å². The van der Waals surface area contributed by atoms with Crippen molar-refractivity contribution in [2.75, 3.05) is 27.1 Å². The monoisotopic (exact) mass is 326 g/mol. The highest BCUT2D eigenvalue weighted by Gasteiger charge is 2.19. The lowest BCUT2D eigenvalue weighted by molar-refractivity contribution is 0.324. The molecule has 3 rings (SSSR count). The van der Waals surface area contributed by atoms with E-state index in [1.54, 1.807) is 38.1 Å². The van der Waals surface area contributed by atoms with E-state index in [4.69, 9.17) is 19.9 Å². The molecule has 0 unspecified atom stereocenters. The van der Waals surface area contributed by atoms with Gasteiger partial charge in [-0.3, -0.25) is 0 Å². The molecule has 1 heterocycles. The van der Waals surface area contributed by atoms with Crippen molar-refractivity contribution in [2.24, 2.45) is 0 Å². The van der Waals surface area contributed by atoms with Crippen molar-refractivity contribution in [1.29, 1.82) is 0 Å². The molecule has 2 aromatic carbocycles. The molecule has 0 spiro atoms. The van der Waals surface area contributed by atoms with E-state index in [0.29, 0.717) is 28.8 Å². The van der Waals surface area contributed by atoms with E-state index < -0.39 is 0 Å². The number of ether oxygens (including phenoxy) is 3. The molecule has 2 N–H and O–H groups in total. The molecule has 24 heavy (non-hydrogen) atoms. The second-order valence-corrected chi connectivity index (χ2v) is 4.98. The minimum atomic E-state index is 0.426. The SMILES string of the molecule is COc1cc(-c2nnn(-c3ccccc3)c2N)cc(OC)c1OC. The third kappa shape index (κ3) is 2.60. The summed E-state index contributed by atoms with van der Waals surface area (Å²) >= 11 is 0. The molecule has 0 aliphatic rings. The van der Waals surface area contributed by atoms with E-state index in [2.05, 4.69) is 10.3 Å². The molecule has 0 radical (unpaired) electrons. The lowest BCUT2D eigenvalue weighted by atomic mass is 10.1. The highest BCUT2D eigenvalue weighted by atomic mass is 16.5. The molecule has 0 atom stereocenters. The van der Waals surface area contributed by atoms with E-state index in [0.717, 1.165) is 11.3 Å². The number of aromatic nitrogens is 3.